The van der Waals surface area contributed by atoms with Gasteiger partial charge in [0, 0.05) is 18.4 Å². The molecule has 1 N–H and O–H groups in total. The molecular formula is C15H12FN5O2. The first-order valence-corrected chi connectivity index (χ1v) is 6.83. The van der Waals surface area contributed by atoms with Crippen molar-refractivity contribution in [1.82, 2.24) is 25.2 Å². The average Bonchev–Trinajstić information content (AvgIpc) is 3.21. The topological polar surface area (TPSA) is 93.5 Å². The largest absolute Gasteiger partial charge is 0.347 e. The van der Waals surface area contributed by atoms with Gasteiger partial charge in [-0.3, -0.25) is 9.59 Å². The zero-order valence-electron chi connectivity index (χ0n) is 11.9. The van der Waals surface area contributed by atoms with Crippen LogP contribution in [0.25, 0.3) is 0 Å². The SMILES string of the molecule is O=C(Cc1cccn1Cc1ccc(F)cc1)C(=O)c1nn[nH]n1. The summed E-state index contributed by atoms with van der Waals surface area (Å²) in [4.78, 5) is 23.9. The highest BCUT2D eigenvalue weighted by Crippen LogP contribution is 2.10. The van der Waals surface area contributed by atoms with Gasteiger partial charge in [-0.05, 0) is 35.0 Å². The van der Waals surface area contributed by atoms with E-state index in [-0.39, 0.29) is 18.1 Å². The highest BCUT2D eigenvalue weighted by Gasteiger charge is 2.21. The molecule has 0 unspecified atom stereocenters. The van der Waals surface area contributed by atoms with Gasteiger partial charge in [-0.25, -0.2) is 4.39 Å². The number of benzene rings is 1. The minimum absolute atomic E-state index is 0.0679. The second-order valence-corrected chi connectivity index (χ2v) is 4.92. The fraction of sp³-hybridized carbons (Fsp3) is 0.133. The van der Waals surface area contributed by atoms with E-state index >= 15 is 0 Å². The number of nitrogens with zero attached hydrogens (tertiary/aromatic N) is 4. The number of ketones is 2. The lowest BCUT2D eigenvalue weighted by Crippen LogP contribution is -2.20. The van der Waals surface area contributed by atoms with E-state index in [9.17, 15) is 14.0 Å². The summed E-state index contributed by atoms with van der Waals surface area (Å²) in [5.74, 6) is -1.95. The number of halogens is 1. The molecule has 116 valence electrons. The van der Waals surface area contributed by atoms with Gasteiger partial charge in [0.15, 0.2) is 0 Å². The molecule has 8 heteroatoms. The first-order chi connectivity index (χ1) is 11.1. The van der Waals surface area contributed by atoms with E-state index in [0.717, 1.165) is 5.56 Å². The van der Waals surface area contributed by atoms with Gasteiger partial charge in [0.05, 0.1) is 6.42 Å². The zero-order valence-corrected chi connectivity index (χ0v) is 11.9. The van der Waals surface area contributed by atoms with Crippen molar-refractivity contribution in [1.29, 1.82) is 0 Å². The first-order valence-electron chi connectivity index (χ1n) is 6.83. The van der Waals surface area contributed by atoms with Gasteiger partial charge in [-0.15, -0.1) is 10.2 Å². The van der Waals surface area contributed by atoms with Crippen LogP contribution in [-0.2, 0) is 17.8 Å². The van der Waals surface area contributed by atoms with Crippen molar-refractivity contribution in [2.75, 3.05) is 0 Å². The summed E-state index contributed by atoms with van der Waals surface area (Å²) < 4.78 is 14.8. The summed E-state index contributed by atoms with van der Waals surface area (Å²) in [6.45, 7) is 0.478. The molecule has 3 rings (SSSR count). The number of aromatic nitrogens is 5. The molecule has 0 fully saturated rings. The van der Waals surface area contributed by atoms with Crippen molar-refractivity contribution < 1.29 is 14.0 Å². The summed E-state index contributed by atoms with van der Waals surface area (Å²) in [6, 6.07) is 9.64. The Kier molecular flexibility index (Phi) is 4.05. The summed E-state index contributed by atoms with van der Waals surface area (Å²) in [7, 11) is 0. The molecule has 0 aliphatic rings. The molecule has 0 amide bonds. The maximum absolute atomic E-state index is 12.9. The van der Waals surface area contributed by atoms with Crippen molar-refractivity contribution in [3.05, 3.63) is 65.5 Å². The van der Waals surface area contributed by atoms with Crippen LogP contribution in [0.2, 0.25) is 0 Å². The van der Waals surface area contributed by atoms with Crippen molar-refractivity contribution in [2.45, 2.75) is 13.0 Å². The van der Waals surface area contributed by atoms with Crippen LogP contribution in [0.5, 0.6) is 0 Å². The molecule has 0 saturated carbocycles. The normalized spacial score (nSPS) is 10.7. The third-order valence-corrected chi connectivity index (χ3v) is 3.33. The maximum atomic E-state index is 12.9. The number of nitrogens with one attached hydrogen (secondary N) is 1. The number of hydrogen-bond acceptors (Lipinski definition) is 5. The van der Waals surface area contributed by atoms with Gasteiger partial charge in [0.2, 0.25) is 11.6 Å². The van der Waals surface area contributed by atoms with Crippen molar-refractivity contribution in [2.24, 2.45) is 0 Å². The summed E-state index contributed by atoms with van der Waals surface area (Å²) in [5, 5.41) is 12.4. The summed E-state index contributed by atoms with van der Waals surface area (Å²) in [6.07, 6.45) is 1.73. The molecule has 0 saturated heterocycles. The predicted octanol–water partition coefficient (Wildman–Crippen LogP) is 1.18. The number of carbonyl (C=O) groups excluding carboxylic acids is 2. The van der Waals surface area contributed by atoms with Crippen molar-refractivity contribution in [3.8, 4) is 0 Å². The van der Waals surface area contributed by atoms with Gasteiger partial charge in [-0.1, -0.05) is 12.1 Å². The average molecular weight is 313 g/mol. The lowest BCUT2D eigenvalue weighted by molar-refractivity contribution is -0.114. The lowest BCUT2D eigenvalue weighted by Gasteiger charge is -2.08. The highest BCUT2D eigenvalue weighted by atomic mass is 19.1. The van der Waals surface area contributed by atoms with Crippen LogP contribution in [0, 0.1) is 5.82 Å². The van der Waals surface area contributed by atoms with Crippen LogP contribution < -0.4 is 0 Å². The number of carbonyl (C=O) groups is 2. The minimum atomic E-state index is -0.784. The van der Waals surface area contributed by atoms with Gasteiger partial charge in [0.1, 0.15) is 5.82 Å². The Balaban J connectivity index is 1.72. The van der Waals surface area contributed by atoms with E-state index in [1.165, 1.54) is 12.1 Å². The molecule has 7 nitrogen and oxygen atoms in total. The fourth-order valence-electron chi connectivity index (χ4n) is 2.18. The maximum Gasteiger partial charge on any atom is 0.269 e. The predicted molar refractivity (Wildman–Crippen MR) is 77.2 cm³/mol. The van der Waals surface area contributed by atoms with Crippen LogP contribution in [0.1, 0.15) is 21.9 Å². The van der Waals surface area contributed by atoms with E-state index in [4.69, 9.17) is 0 Å². The van der Waals surface area contributed by atoms with Crippen molar-refractivity contribution >= 4 is 11.6 Å². The Bertz CT molecular complexity index is 824. The van der Waals surface area contributed by atoms with Gasteiger partial charge in [0.25, 0.3) is 5.78 Å². The van der Waals surface area contributed by atoms with Gasteiger partial charge >= 0.3 is 0 Å². The molecule has 1 aromatic carbocycles. The lowest BCUT2D eigenvalue weighted by atomic mass is 10.1. The van der Waals surface area contributed by atoms with Gasteiger partial charge < -0.3 is 4.57 Å². The number of H-pyrrole nitrogens is 1. The Morgan fingerprint density at radius 2 is 1.96 bits per heavy atom. The van der Waals surface area contributed by atoms with E-state index < -0.39 is 11.6 Å². The summed E-state index contributed by atoms with van der Waals surface area (Å²) in [5.41, 5.74) is 1.57. The fourth-order valence-corrected chi connectivity index (χ4v) is 2.18. The number of tetrazole rings is 1. The molecule has 0 aliphatic heterocycles. The number of aromatic amines is 1. The molecule has 0 aliphatic carbocycles. The third-order valence-electron chi connectivity index (χ3n) is 3.33. The monoisotopic (exact) mass is 313 g/mol. The van der Waals surface area contributed by atoms with E-state index in [2.05, 4.69) is 20.6 Å². The van der Waals surface area contributed by atoms with E-state index in [1.54, 1.807) is 30.5 Å². The van der Waals surface area contributed by atoms with Crippen molar-refractivity contribution in [3.63, 3.8) is 0 Å². The second-order valence-electron chi connectivity index (χ2n) is 4.92. The highest BCUT2D eigenvalue weighted by molar-refractivity contribution is 6.42. The molecule has 0 atom stereocenters. The smallest absolute Gasteiger partial charge is 0.269 e. The Morgan fingerprint density at radius 1 is 1.17 bits per heavy atom. The minimum Gasteiger partial charge on any atom is -0.347 e. The second kappa shape index (κ2) is 6.30. The first kappa shape index (κ1) is 14.8. The summed E-state index contributed by atoms with van der Waals surface area (Å²) >= 11 is 0. The molecule has 0 spiro atoms. The van der Waals surface area contributed by atoms with E-state index in [0.29, 0.717) is 12.2 Å². The van der Waals surface area contributed by atoms with E-state index in [1.807, 2.05) is 4.57 Å². The van der Waals surface area contributed by atoms with Crippen LogP contribution >= 0.6 is 0 Å². The quantitative estimate of drug-likeness (QED) is 0.545. The number of Topliss-reactive ketones (excluding diaryl/α,β-unsaturated/α-hetero) is 2. The van der Waals surface area contributed by atoms with Crippen LogP contribution in [0.4, 0.5) is 4.39 Å². The molecule has 3 aromatic rings. The Labute approximate surface area is 130 Å². The molecule has 2 heterocycles. The van der Waals surface area contributed by atoms with Crippen LogP contribution in [-0.4, -0.2) is 36.8 Å². The van der Waals surface area contributed by atoms with Crippen LogP contribution in [0.3, 0.4) is 0 Å². The number of rotatable bonds is 6. The van der Waals surface area contributed by atoms with Crippen LogP contribution in [0.15, 0.2) is 42.6 Å². The molecule has 0 radical (unpaired) electrons. The zero-order chi connectivity index (χ0) is 16.2. The number of hydrogen-bond donors (Lipinski definition) is 1. The standard InChI is InChI=1S/C15H12FN5O2/c16-11-5-3-10(4-6-11)9-21-7-1-2-12(21)8-13(22)14(23)15-17-19-20-18-15/h1-7H,8-9H2,(H,17,18,19,20). The molecule has 2 aromatic heterocycles. The third kappa shape index (κ3) is 3.37. The van der Waals surface area contributed by atoms with Gasteiger partial charge in [-0.2, -0.15) is 5.21 Å². The molecule has 23 heavy (non-hydrogen) atoms. The molecular weight excluding hydrogens is 301 g/mol. The Hall–Kier alpha value is -3.16. The Morgan fingerprint density at radius 3 is 2.65 bits per heavy atom. The molecule has 0 bridgehead atoms.